The van der Waals surface area contributed by atoms with E-state index in [0.29, 0.717) is 17.9 Å². The van der Waals surface area contributed by atoms with Crippen LogP contribution in [0.3, 0.4) is 0 Å². The molecule has 1 aliphatic heterocycles. The van der Waals surface area contributed by atoms with Gasteiger partial charge in [0, 0.05) is 24.5 Å². The van der Waals surface area contributed by atoms with Crippen LogP contribution in [0.1, 0.15) is 6.92 Å². The predicted octanol–water partition coefficient (Wildman–Crippen LogP) is 1.28. The van der Waals surface area contributed by atoms with Crippen molar-refractivity contribution in [3.05, 3.63) is 40.7 Å². The number of nitrogens with one attached hydrogen (secondary N) is 2. The third kappa shape index (κ3) is 2.84. The Bertz CT molecular complexity index is 653. The molecular formula is C15H18N2O3. The van der Waals surface area contributed by atoms with Crippen LogP contribution in [0, 0.1) is 0 Å². The number of fused-ring (bicyclic) bond motifs is 1. The maximum Gasteiger partial charge on any atom is 0.258 e. The molecule has 0 amide bonds. The van der Waals surface area contributed by atoms with Crippen LogP contribution in [0.5, 0.6) is 5.88 Å². The first-order chi connectivity index (χ1) is 9.72. The van der Waals surface area contributed by atoms with Crippen LogP contribution in [0.2, 0.25) is 0 Å². The van der Waals surface area contributed by atoms with E-state index in [4.69, 9.17) is 9.47 Å². The minimum Gasteiger partial charge on any atom is -0.476 e. The van der Waals surface area contributed by atoms with Crippen molar-refractivity contribution in [3.8, 4) is 5.88 Å². The molecular weight excluding hydrogens is 256 g/mol. The maximum atomic E-state index is 11.9. The molecule has 106 valence electrons. The average molecular weight is 274 g/mol. The van der Waals surface area contributed by atoms with Crippen LogP contribution in [-0.4, -0.2) is 36.9 Å². The van der Waals surface area contributed by atoms with Gasteiger partial charge < -0.3 is 14.8 Å². The molecule has 1 aromatic carbocycles. The standard InChI is InChI=1S/C15H18N2O3/c1-10-7-16-8-12(20-10)9-19-14-6-11-4-2-3-5-13(11)15(18)17-14/h2-6,10,12,16H,7-9H2,1H3,(H,17,18). The number of morpholine rings is 1. The number of aromatic amines is 1. The molecule has 1 fully saturated rings. The number of hydrogen-bond acceptors (Lipinski definition) is 4. The van der Waals surface area contributed by atoms with Crippen molar-refractivity contribution in [2.24, 2.45) is 0 Å². The highest BCUT2D eigenvalue weighted by Gasteiger charge is 2.19. The van der Waals surface area contributed by atoms with Crippen molar-refractivity contribution in [2.75, 3.05) is 19.7 Å². The van der Waals surface area contributed by atoms with Crippen molar-refractivity contribution in [1.82, 2.24) is 10.3 Å². The number of rotatable bonds is 3. The Morgan fingerprint density at radius 2 is 2.20 bits per heavy atom. The van der Waals surface area contributed by atoms with Crippen LogP contribution >= 0.6 is 0 Å². The molecule has 1 aliphatic rings. The third-order valence-corrected chi connectivity index (χ3v) is 3.38. The van der Waals surface area contributed by atoms with E-state index in [1.54, 1.807) is 6.07 Å². The van der Waals surface area contributed by atoms with E-state index >= 15 is 0 Å². The van der Waals surface area contributed by atoms with E-state index in [9.17, 15) is 4.79 Å². The summed E-state index contributed by atoms with van der Waals surface area (Å²) in [5, 5.41) is 4.83. The van der Waals surface area contributed by atoms with E-state index in [1.165, 1.54) is 0 Å². The summed E-state index contributed by atoms with van der Waals surface area (Å²) in [6.07, 6.45) is 0.196. The van der Waals surface area contributed by atoms with Gasteiger partial charge in [0.1, 0.15) is 12.7 Å². The van der Waals surface area contributed by atoms with E-state index in [-0.39, 0.29) is 17.8 Å². The van der Waals surface area contributed by atoms with Crippen LogP contribution in [0.25, 0.3) is 10.8 Å². The van der Waals surface area contributed by atoms with Gasteiger partial charge in [-0.1, -0.05) is 18.2 Å². The molecule has 2 N–H and O–H groups in total. The predicted molar refractivity (Wildman–Crippen MR) is 77.3 cm³/mol. The molecule has 0 saturated carbocycles. The highest BCUT2D eigenvalue weighted by Crippen LogP contribution is 2.15. The molecule has 2 heterocycles. The van der Waals surface area contributed by atoms with Gasteiger partial charge in [0.05, 0.1) is 6.10 Å². The Hall–Kier alpha value is -1.85. The van der Waals surface area contributed by atoms with Crippen molar-refractivity contribution in [1.29, 1.82) is 0 Å². The SMILES string of the molecule is CC1CNCC(COc2cc3ccccc3c(=O)[nH]2)O1. The fourth-order valence-corrected chi connectivity index (χ4v) is 2.42. The molecule has 2 atom stereocenters. The molecule has 3 rings (SSSR count). The second-order valence-electron chi connectivity index (χ2n) is 5.09. The minimum absolute atomic E-state index is 0.00808. The van der Waals surface area contributed by atoms with Gasteiger partial charge in [-0.2, -0.15) is 0 Å². The summed E-state index contributed by atoms with van der Waals surface area (Å²) < 4.78 is 11.4. The van der Waals surface area contributed by atoms with Gasteiger partial charge in [0.25, 0.3) is 5.56 Å². The van der Waals surface area contributed by atoms with Gasteiger partial charge in [-0.25, -0.2) is 0 Å². The summed E-state index contributed by atoms with van der Waals surface area (Å²) in [5.41, 5.74) is -0.130. The molecule has 2 aromatic rings. The van der Waals surface area contributed by atoms with Gasteiger partial charge >= 0.3 is 0 Å². The smallest absolute Gasteiger partial charge is 0.258 e. The minimum atomic E-state index is -0.130. The lowest BCUT2D eigenvalue weighted by atomic mass is 10.2. The third-order valence-electron chi connectivity index (χ3n) is 3.38. The van der Waals surface area contributed by atoms with Gasteiger partial charge in [-0.15, -0.1) is 0 Å². The molecule has 1 saturated heterocycles. The first kappa shape index (κ1) is 13.1. The normalized spacial score (nSPS) is 22.9. The number of pyridine rings is 1. The van der Waals surface area contributed by atoms with E-state index in [0.717, 1.165) is 18.5 Å². The second-order valence-corrected chi connectivity index (χ2v) is 5.09. The molecule has 20 heavy (non-hydrogen) atoms. The average Bonchev–Trinajstić information content (AvgIpc) is 2.45. The van der Waals surface area contributed by atoms with Crippen LogP contribution in [0.15, 0.2) is 35.1 Å². The first-order valence-corrected chi connectivity index (χ1v) is 6.83. The Labute approximate surface area is 116 Å². The zero-order chi connectivity index (χ0) is 13.9. The Morgan fingerprint density at radius 3 is 3.05 bits per heavy atom. The highest BCUT2D eigenvalue weighted by atomic mass is 16.5. The zero-order valence-corrected chi connectivity index (χ0v) is 11.4. The summed E-state index contributed by atoms with van der Waals surface area (Å²) >= 11 is 0. The Balaban J connectivity index is 1.73. The molecule has 0 radical (unpaired) electrons. The number of H-pyrrole nitrogens is 1. The summed E-state index contributed by atoms with van der Waals surface area (Å²) in [7, 11) is 0. The quantitative estimate of drug-likeness (QED) is 0.885. The van der Waals surface area contributed by atoms with Gasteiger partial charge in [-0.3, -0.25) is 9.78 Å². The second kappa shape index (κ2) is 5.64. The Morgan fingerprint density at radius 1 is 1.35 bits per heavy atom. The van der Waals surface area contributed by atoms with Gasteiger partial charge in [0.2, 0.25) is 0 Å². The van der Waals surface area contributed by atoms with Crippen molar-refractivity contribution >= 4 is 10.8 Å². The van der Waals surface area contributed by atoms with Crippen LogP contribution in [-0.2, 0) is 4.74 Å². The summed E-state index contributed by atoms with van der Waals surface area (Å²) in [6, 6.07) is 9.30. The topological polar surface area (TPSA) is 63.3 Å². The maximum absolute atomic E-state index is 11.9. The van der Waals surface area contributed by atoms with E-state index < -0.39 is 0 Å². The fourth-order valence-electron chi connectivity index (χ4n) is 2.42. The number of benzene rings is 1. The fraction of sp³-hybridized carbons (Fsp3) is 0.400. The molecule has 2 unspecified atom stereocenters. The number of ether oxygens (including phenoxy) is 2. The number of aromatic nitrogens is 1. The highest BCUT2D eigenvalue weighted by molar-refractivity contribution is 5.82. The largest absolute Gasteiger partial charge is 0.476 e. The van der Waals surface area contributed by atoms with Gasteiger partial charge in [0.15, 0.2) is 5.88 Å². The summed E-state index contributed by atoms with van der Waals surface area (Å²) in [4.78, 5) is 14.7. The van der Waals surface area contributed by atoms with Gasteiger partial charge in [-0.05, 0) is 18.4 Å². The lowest BCUT2D eigenvalue weighted by molar-refractivity contribution is -0.0476. The molecule has 0 bridgehead atoms. The monoisotopic (exact) mass is 274 g/mol. The lowest BCUT2D eigenvalue weighted by Crippen LogP contribution is -2.45. The van der Waals surface area contributed by atoms with Crippen LogP contribution < -0.4 is 15.6 Å². The van der Waals surface area contributed by atoms with Crippen molar-refractivity contribution in [3.63, 3.8) is 0 Å². The summed E-state index contributed by atoms with van der Waals surface area (Å²) in [5.74, 6) is 0.482. The number of hydrogen-bond donors (Lipinski definition) is 2. The van der Waals surface area contributed by atoms with Crippen LogP contribution in [0.4, 0.5) is 0 Å². The molecule has 5 nitrogen and oxygen atoms in total. The molecule has 1 aromatic heterocycles. The van der Waals surface area contributed by atoms with Crippen molar-refractivity contribution < 1.29 is 9.47 Å². The summed E-state index contributed by atoms with van der Waals surface area (Å²) in [6.45, 7) is 4.08. The first-order valence-electron chi connectivity index (χ1n) is 6.83. The molecule has 0 aliphatic carbocycles. The van der Waals surface area contributed by atoms with Crippen molar-refractivity contribution in [2.45, 2.75) is 19.1 Å². The molecule has 5 heteroatoms. The molecule has 0 spiro atoms. The Kier molecular flexibility index (Phi) is 3.71. The van der Waals surface area contributed by atoms with E-state index in [1.807, 2.05) is 31.2 Å². The zero-order valence-electron chi connectivity index (χ0n) is 11.4. The van der Waals surface area contributed by atoms with E-state index in [2.05, 4.69) is 10.3 Å². The lowest BCUT2D eigenvalue weighted by Gasteiger charge is -2.28.